The molecule has 124 valence electrons. The SMILES string of the molecule is CCCCCCCCCCCCN.O=C[O-].O=C[O-].[Ni+2]. The van der Waals surface area contributed by atoms with E-state index in [4.69, 9.17) is 25.5 Å². The first-order valence-electron chi connectivity index (χ1n) is 7.06. The quantitative estimate of drug-likeness (QED) is 0.358. The van der Waals surface area contributed by atoms with Crippen LogP contribution < -0.4 is 15.9 Å². The fraction of sp³-hybridized carbons (Fsp3) is 0.857. The van der Waals surface area contributed by atoms with Gasteiger partial charge >= 0.3 is 16.5 Å². The number of hydrogen-bond donors (Lipinski definition) is 1. The van der Waals surface area contributed by atoms with Crippen LogP contribution in [0.1, 0.15) is 71.1 Å². The average molecular weight is 334 g/mol. The molecule has 0 amide bonds. The molecule has 0 atom stereocenters. The van der Waals surface area contributed by atoms with E-state index in [1.807, 2.05) is 0 Å². The molecule has 0 unspecified atom stereocenters. The summed E-state index contributed by atoms with van der Waals surface area (Å²) in [6, 6.07) is 0. The Morgan fingerprint density at radius 3 is 1.25 bits per heavy atom. The van der Waals surface area contributed by atoms with Crippen LogP contribution in [0, 0.1) is 0 Å². The predicted octanol–water partition coefficient (Wildman–Crippen LogP) is 0.596. The van der Waals surface area contributed by atoms with E-state index >= 15 is 0 Å². The van der Waals surface area contributed by atoms with Crippen LogP contribution >= 0.6 is 0 Å². The number of carbonyl (C=O) groups is 2. The predicted molar refractivity (Wildman–Crippen MR) is 73.0 cm³/mol. The summed E-state index contributed by atoms with van der Waals surface area (Å²) in [5.41, 5.74) is 5.42. The summed E-state index contributed by atoms with van der Waals surface area (Å²) in [5.74, 6) is 0. The van der Waals surface area contributed by atoms with Crippen LogP contribution in [0.4, 0.5) is 0 Å². The van der Waals surface area contributed by atoms with Gasteiger partial charge in [0.2, 0.25) is 0 Å². The first kappa shape index (κ1) is 27.7. The molecule has 0 saturated carbocycles. The van der Waals surface area contributed by atoms with Crippen LogP contribution in [0.3, 0.4) is 0 Å². The third kappa shape index (κ3) is 53.0. The number of carbonyl (C=O) groups excluding carboxylic acids is 2. The molecule has 0 heterocycles. The van der Waals surface area contributed by atoms with Crippen molar-refractivity contribution >= 4 is 12.9 Å². The Morgan fingerprint density at radius 1 is 0.750 bits per heavy atom. The molecule has 0 aromatic carbocycles. The van der Waals surface area contributed by atoms with Gasteiger partial charge in [-0.25, -0.2) is 0 Å². The van der Waals surface area contributed by atoms with Gasteiger partial charge in [0.1, 0.15) is 0 Å². The standard InChI is InChI=1S/C12H27N.2CH2O2.Ni/c1-2-3-4-5-6-7-8-9-10-11-12-13;2*2-1-3;/h2-13H2,1H3;2*1H,(H,2,3);/q;;;+2/p-2. The smallest absolute Gasteiger partial charge is 0.554 e. The van der Waals surface area contributed by atoms with Gasteiger partial charge in [-0.3, -0.25) is 0 Å². The molecule has 20 heavy (non-hydrogen) atoms. The fourth-order valence-corrected chi connectivity index (χ4v) is 1.63. The molecule has 0 aliphatic rings. The second-order valence-corrected chi connectivity index (χ2v) is 4.16. The molecule has 0 bridgehead atoms. The zero-order chi connectivity index (χ0) is 15.2. The molecule has 0 radical (unpaired) electrons. The minimum Gasteiger partial charge on any atom is -0.554 e. The maximum Gasteiger partial charge on any atom is 2.00 e. The van der Waals surface area contributed by atoms with Gasteiger partial charge in [0.25, 0.3) is 0 Å². The van der Waals surface area contributed by atoms with Gasteiger partial charge in [-0.05, 0) is 13.0 Å². The molecule has 0 aromatic heterocycles. The van der Waals surface area contributed by atoms with Gasteiger partial charge in [0.15, 0.2) is 0 Å². The minimum absolute atomic E-state index is 0. The van der Waals surface area contributed by atoms with Gasteiger partial charge in [-0.15, -0.1) is 0 Å². The van der Waals surface area contributed by atoms with Crippen LogP contribution in [0.5, 0.6) is 0 Å². The van der Waals surface area contributed by atoms with Gasteiger partial charge in [-0.2, -0.15) is 0 Å². The molecule has 5 nitrogen and oxygen atoms in total. The summed E-state index contributed by atoms with van der Waals surface area (Å²) in [7, 11) is 0. The minimum atomic E-state index is -0.500. The molecule has 2 N–H and O–H groups in total. The fourth-order valence-electron chi connectivity index (χ4n) is 1.63. The van der Waals surface area contributed by atoms with Gasteiger partial charge in [0.05, 0.1) is 0 Å². The Labute approximate surface area is 133 Å². The molecule has 0 aromatic rings. The van der Waals surface area contributed by atoms with Gasteiger partial charge in [0, 0.05) is 12.9 Å². The molecule has 0 fully saturated rings. The molecule has 0 rings (SSSR count). The van der Waals surface area contributed by atoms with Crippen molar-refractivity contribution in [2.45, 2.75) is 71.1 Å². The van der Waals surface area contributed by atoms with Crippen molar-refractivity contribution in [3.05, 3.63) is 0 Å². The topological polar surface area (TPSA) is 106 Å². The zero-order valence-electron chi connectivity index (χ0n) is 12.5. The molecule has 0 aliphatic heterocycles. The van der Waals surface area contributed by atoms with Crippen LogP contribution in [0.25, 0.3) is 0 Å². The maximum absolute atomic E-state index is 8.25. The molecule has 0 aliphatic carbocycles. The van der Waals surface area contributed by atoms with E-state index < -0.39 is 12.9 Å². The van der Waals surface area contributed by atoms with Crippen molar-refractivity contribution in [2.75, 3.05) is 6.54 Å². The van der Waals surface area contributed by atoms with E-state index in [0.29, 0.717) is 0 Å². The van der Waals surface area contributed by atoms with Crippen LogP contribution in [0.2, 0.25) is 0 Å². The molecular formula is C14H29NNiO4. The van der Waals surface area contributed by atoms with Crippen LogP contribution in [0.15, 0.2) is 0 Å². The van der Waals surface area contributed by atoms with Crippen LogP contribution in [-0.2, 0) is 26.1 Å². The number of nitrogens with two attached hydrogens (primary N) is 1. The summed E-state index contributed by atoms with van der Waals surface area (Å²) in [4.78, 5) is 16.5. The number of hydrogen-bond acceptors (Lipinski definition) is 5. The van der Waals surface area contributed by atoms with E-state index in [2.05, 4.69) is 6.92 Å². The Bertz CT molecular complexity index is 144. The van der Waals surface area contributed by atoms with E-state index in [0.717, 1.165) is 6.54 Å². The summed E-state index contributed by atoms with van der Waals surface area (Å²) < 4.78 is 0. The largest absolute Gasteiger partial charge is 2.00 e. The molecule has 6 heteroatoms. The molecular weight excluding hydrogens is 305 g/mol. The monoisotopic (exact) mass is 333 g/mol. The van der Waals surface area contributed by atoms with Gasteiger partial charge in [-0.1, -0.05) is 64.7 Å². The Balaban J connectivity index is -0.000000156. The Morgan fingerprint density at radius 2 is 1.00 bits per heavy atom. The maximum atomic E-state index is 8.25. The van der Waals surface area contributed by atoms with Gasteiger partial charge < -0.3 is 25.5 Å². The zero-order valence-corrected chi connectivity index (χ0v) is 13.4. The number of unbranched alkanes of at least 4 members (excludes halogenated alkanes) is 9. The van der Waals surface area contributed by atoms with Crippen molar-refractivity contribution in [2.24, 2.45) is 5.73 Å². The number of rotatable bonds is 10. The third-order valence-corrected chi connectivity index (χ3v) is 2.56. The van der Waals surface area contributed by atoms with Crippen molar-refractivity contribution in [3.8, 4) is 0 Å². The summed E-state index contributed by atoms with van der Waals surface area (Å²) in [6.07, 6.45) is 13.9. The molecule has 0 saturated heterocycles. The van der Waals surface area contributed by atoms with Crippen molar-refractivity contribution in [1.82, 2.24) is 0 Å². The average Bonchev–Trinajstić information content (AvgIpc) is 2.39. The molecule has 0 spiro atoms. The normalized spacial score (nSPS) is 8.10. The Hall–Kier alpha value is -0.606. The second-order valence-electron chi connectivity index (χ2n) is 4.16. The van der Waals surface area contributed by atoms with Crippen molar-refractivity contribution < 1.29 is 36.3 Å². The number of carboxylic acid groups (broad SMARTS) is 2. The Kier molecular flexibility index (Phi) is 50.2. The van der Waals surface area contributed by atoms with E-state index in [1.54, 1.807) is 0 Å². The van der Waals surface area contributed by atoms with E-state index in [1.165, 1.54) is 64.2 Å². The summed E-state index contributed by atoms with van der Waals surface area (Å²) >= 11 is 0. The second kappa shape index (κ2) is 36.2. The third-order valence-electron chi connectivity index (χ3n) is 2.56. The summed E-state index contributed by atoms with van der Waals surface area (Å²) in [5, 5.41) is 16.5. The van der Waals surface area contributed by atoms with Crippen LogP contribution in [-0.4, -0.2) is 19.5 Å². The van der Waals surface area contributed by atoms with Crippen molar-refractivity contribution in [3.63, 3.8) is 0 Å². The van der Waals surface area contributed by atoms with E-state index in [9.17, 15) is 0 Å². The summed E-state index contributed by atoms with van der Waals surface area (Å²) in [6.45, 7) is 2.14. The van der Waals surface area contributed by atoms with E-state index in [-0.39, 0.29) is 16.5 Å². The first-order valence-corrected chi connectivity index (χ1v) is 7.06. The van der Waals surface area contributed by atoms with Crippen molar-refractivity contribution in [1.29, 1.82) is 0 Å². The first-order chi connectivity index (χ1) is 9.24.